The van der Waals surface area contributed by atoms with Gasteiger partial charge in [-0.3, -0.25) is 4.90 Å². The van der Waals surface area contributed by atoms with E-state index in [9.17, 15) is 0 Å². The van der Waals surface area contributed by atoms with Gasteiger partial charge in [-0.15, -0.1) is 0 Å². The molecule has 27 heavy (non-hydrogen) atoms. The van der Waals surface area contributed by atoms with Crippen LogP contribution >= 0.6 is 0 Å². The monoisotopic (exact) mass is 369 g/mol. The van der Waals surface area contributed by atoms with Crippen molar-refractivity contribution in [3.05, 3.63) is 53.1 Å². The first kappa shape index (κ1) is 19.6. The minimum Gasteiger partial charge on any atom is -0.494 e. The second-order valence-corrected chi connectivity index (χ2v) is 7.20. The van der Waals surface area contributed by atoms with Gasteiger partial charge in [-0.2, -0.15) is 0 Å². The lowest BCUT2D eigenvalue weighted by Gasteiger charge is -2.35. The SMILES string of the molecule is CCCCOc1ccc(CC2c3cc(OC)c(OC)cc3CCN2C)cc1. The average molecular weight is 370 g/mol. The van der Waals surface area contributed by atoms with Gasteiger partial charge in [0.15, 0.2) is 11.5 Å². The van der Waals surface area contributed by atoms with Crippen LogP contribution in [0.15, 0.2) is 36.4 Å². The first-order chi connectivity index (χ1) is 13.2. The Kier molecular flexibility index (Phi) is 6.62. The Bertz CT molecular complexity index is 742. The number of ether oxygens (including phenoxy) is 3. The Morgan fingerprint density at radius 1 is 1.04 bits per heavy atom. The summed E-state index contributed by atoms with van der Waals surface area (Å²) in [5.41, 5.74) is 4.01. The highest BCUT2D eigenvalue weighted by Crippen LogP contribution is 2.38. The van der Waals surface area contributed by atoms with Gasteiger partial charge in [0.25, 0.3) is 0 Å². The number of hydrogen-bond donors (Lipinski definition) is 0. The number of benzene rings is 2. The minimum absolute atomic E-state index is 0.334. The van der Waals surface area contributed by atoms with E-state index in [-0.39, 0.29) is 0 Å². The highest BCUT2D eigenvalue weighted by Gasteiger charge is 2.27. The van der Waals surface area contributed by atoms with Crippen molar-refractivity contribution in [1.29, 1.82) is 0 Å². The van der Waals surface area contributed by atoms with E-state index >= 15 is 0 Å². The zero-order valence-corrected chi connectivity index (χ0v) is 17.0. The maximum Gasteiger partial charge on any atom is 0.161 e. The molecule has 0 radical (unpaired) electrons. The van der Waals surface area contributed by atoms with Crippen LogP contribution in [0.2, 0.25) is 0 Å². The molecule has 0 N–H and O–H groups in total. The van der Waals surface area contributed by atoms with E-state index in [1.165, 1.54) is 16.7 Å². The van der Waals surface area contributed by atoms with Crippen LogP contribution in [0.3, 0.4) is 0 Å². The van der Waals surface area contributed by atoms with Gasteiger partial charge in [0.2, 0.25) is 0 Å². The van der Waals surface area contributed by atoms with Gasteiger partial charge in [0.05, 0.1) is 20.8 Å². The van der Waals surface area contributed by atoms with Crippen LogP contribution in [-0.4, -0.2) is 39.3 Å². The second-order valence-electron chi connectivity index (χ2n) is 7.20. The van der Waals surface area contributed by atoms with Crippen LogP contribution in [0.1, 0.15) is 42.5 Å². The Labute approximate surface area is 163 Å². The summed E-state index contributed by atoms with van der Waals surface area (Å²) < 4.78 is 16.8. The summed E-state index contributed by atoms with van der Waals surface area (Å²) in [6.07, 6.45) is 4.25. The fraction of sp³-hybridized carbons (Fsp3) is 0.478. The summed E-state index contributed by atoms with van der Waals surface area (Å²) in [6, 6.07) is 13.2. The number of likely N-dealkylation sites (N-methyl/N-ethyl adjacent to an activating group) is 1. The molecule has 0 saturated carbocycles. The van der Waals surface area contributed by atoms with E-state index in [4.69, 9.17) is 14.2 Å². The van der Waals surface area contributed by atoms with Crippen LogP contribution in [0.25, 0.3) is 0 Å². The maximum atomic E-state index is 5.78. The lowest BCUT2D eigenvalue weighted by Crippen LogP contribution is -2.33. The number of rotatable bonds is 8. The highest BCUT2D eigenvalue weighted by molar-refractivity contribution is 5.49. The lowest BCUT2D eigenvalue weighted by atomic mass is 9.88. The molecule has 0 aliphatic carbocycles. The van der Waals surface area contributed by atoms with Crippen LogP contribution in [-0.2, 0) is 12.8 Å². The first-order valence-electron chi connectivity index (χ1n) is 9.83. The Morgan fingerprint density at radius 2 is 1.74 bits per heavy atom. The van der Waals surface area contributed by atoms with Crippen molar-refractivity contribution in [1.82, 2.24) is 4.90 Å². The van der Waals surface area contributed by atoms with Gasteiger partial charge in [0, 0.05) is 12.6 Å². The van der Waals surface area contributed by atoms with Crippen LogP contribution in [0.4, 0.5) is 0 Å². The average Bonchev–Trinajstić information content (AvgIpc) is 2.70. The maximum absolute atomic E-state index is 5.78. The van der Waals surface area contributed by atoms with Crippen LogP contribution in [0, 0.1) is 0 Å². The molecule has 2 aromatic rings. The lowest BCUT2D eigenvalue weighted by molar-refractivity contribution is 0.228. The molecule has 4 nitrogen and oxygen atoms in total. The van der Waals surface area contributed by atoms with Gasteiger partial charge < -0.3 is 14.2 Å². The predicted octanol–water partition coefficient (Wildman–Crippen LogP) is 4.65. The molecule has 1 unspecified atom stereocenters. The van der Waals surface area contributed by atoms with Crippen molar-refractivity contribution >= 4 is 0 Å². The molecule has 1 atom stereocenters. The van der Waals surface area contributed by atoms with Crippen molar-refractivity contribution in [2.75, 3.05) is 34.4 Å². The third-order valence-electron chi connectivity index (χ3n) is 5.39. The number of nitrogens with zero attached hydrogens (tertiary/aromatic N) is 1. The fourth-order valence-corrected chi connectivity index (χ4v) is 3.70. The molecule has 2 aromatic carbocycles. The summed E-state index contributed by atoms with van der Waals surface area (Å²) in [5, 5.41) is 0. The molecular weight excluding hydrogens is 338 g/mol. The third kappa shape index (κ3) is 4.56. The smallest absolute Gasteiger partial charge is 0.161 e. The quantitative estimate of drug-likeness (QED) is 0.634. The van der Waals surface area contributed by atoms with Crippen LogP contribution in [0.5, 0.6) is 17.2 Å². The summed E-state index contributed by atoms with van der Waals surface area (Å²) in [6.45, 7) is 4.01. The van der Waals surface area contributed by atoms with E-state index < -0.39 is 0 Å². The molecule has 0 bridgehead atoms. The van der Waals surface area contributed by atoms with Crippen molar-refractivity contribution < 1.29 is 14.2 Å². The number of unbranched alkanes of at least 4 members (excludes halogenated alkanes) is 1. The minimum atomic E-state index is 0.334. The Balaban J connectivity index is 1.79. The zero-order chi connectivity index (χ0) is 19.2. The fourth-order valence-electron chi connectivity index (χ4n) is 3.70. The molecule has 0 saturated heterocycles. The predicted molar refractivity (Wildman–Crippen MR) is 109 cm³/mol. The summed E-state index contributed by atoms with van der Waals surface area (Å²) in [7, 11) is 5.59. The first-order valence-corrected chi connectivity index (χ1v) is 9.83. The second kappa shape index (κ2) is 9.14. The molecule has 1 aliphatic rings. The molecule has 0 fully saturated rings. The standard InChI is InChI=1S/C23H31NO3/c1-5-6-13-27-19-9-7-17(8-10-19)14-21-20-16-23(26-4)22(25-3)15-18(20)11-12-24(21)2/h7-10,15-16,21H,5-6,11-14H2,1-4H3. The zero-order valence-electron chi connectivity index (χ0n) is 17.0. The van der Waals surface area contributed by atoms with Crippen molar-refractivity contribution in [3.63, 3.8) is 0 Å². The van der Waals surface area contributed by atoms with Gasteiger partial charge >= 0.3 is 0 Å². The summed E-state index contributed by atoms with van der Waals surface area (Å²) in [5.74, 6) is 2.57. The van der Waals surface area contributed by atoms with E-state index in [1.807, 2.05) is 0 Å². The van der Waals surface area contributed by atoms with Crippen molar-refractivity contribution in [2.24, 2.45) is 0 Å². The van der Waals surface area contributed by atoms with Crippen molar-refractivity contribution in [3.8, 4) is 17.2 Å². The summed E-state index contributed by atoms with van der Waals surface area (Å²) >= 11 is 0. The van der Waals surface area contributed by atoms with E-state index in [0.29, 0.717) is 6.04 Å². The molecule has 146 valence electrons. The van der Waals surface area contributed by atoms with Gasteiger partial charge in [-0.1, -0.05) is 25.5 Å². The Hall–Kier alpha value is -2.20. The number of methoxy groups -OCH3 is 2. The third-order valence-corrected chi connectivity index (χ3v) is 5.39. The van der Waals surface area contributed by atoms with E-state index in [2.05, 4.69) is 55.3 Å². The highest BCUT2D eigenvalue weighted by atomic mass is 16.5. The largest absolute Gasteiger partial charge is 0.494 e. The molecular formula is C23H31NO3. The Morgan fingerprint density at radius 3 is 2.41 bits per heavy atom. The molecule has 0 spiro atoms. The summed E-state index contributed by atoms with van der Waals surface area (Å²) in [4.78, 5) is 2.43. The molecule has 0 amide bonds. The topological polar surface area (TPSA) is 30.9 Å². The van der Waals surface area contributed by atoms with E-state index in [1.54, 1.807) is 14.2 Å². The molecule has 1 heterocycles. The molecule has 4 heteroatoms. The normalized spacial score (nSPS) is 16.7. The molecule has 3 rings (SSSR count). The molecule has 0 aromatic heterocycles. The molecule has 1 aliphatic heterocycles. The van der Waals surface area contributed by atoms with Gasteiger partial charge in [0.1, 0.15) is 5.75 Å². The van der Waals surface area contributed by atoms with E-state index in [0.717, 1.165) is 56.1 Å². The van der Waals surface area contributed by atoms with Gasteiger partial charge in [-0.05, 0) is 67.3 Å². The number of fused-ring (bicyclic) bond motifs is 1. The van der Waals surface area contributed by atoms with Crippen LogP contribution < -0.4 is 14.2 Å². The van der Waals surface area contributed by atoms with Gasteiger partial charge in [-0.25, -0.2) is 0 Å². The van der Waals surface area contributed by atoms with Crippen molar-refractivity contribution in [2.45, 2.75) is 38.6 Å². The number of hydrogen-bond acceptors (Lipinski definition) is 4.